The first-order valence-electron chi connectivity index (χ1n) is 13.8. The average molecular weight is 567 g/mol. The first kappa shape index (κ1) is 28.0. The molecule has 1 aromatic carbocycles. The van der Waals surface area contributed by atoms with E-state index in [-0.39, 0.29) is 29.8 Å². The minimum absolute atomic E-state index is 0.0794. The number of amides is 2. The number of aryl methyl sites for hydroxylation is 1. The van der Waals surface area contributed by atoms with Crippen LogP contribution in [0.2, 0.25) is 0 Å². The van der Waals surface area contributed by atoms with E-state index in [9.17, 15) is 22.8 Å². The number of nitrogens with zero attached hydrogens (tertiary/aromatic N) is 2. The largest absolute Gasteiger partial charge is 0.451 e. The van der Waals surface area contributed by atoms with Crippen molar-refractivity contribution in [3.8, 4) is 0 Å². The van der Waals surface area contributed by atoms with Crippen LogP contribution in [0.5, 0.6) is 0 Å². The van der Waals surface area contributed by atoms with Gasteiger partial charge in [-0.15, -0.1) is 0 Å². The van der Waals surface area contributed by atoms with Gasteiger partial charge in [0.2, 0.25) is 5.91 Å². The molecule has 2 atom stereocenters. The van der Waals surface area contributed by atoms with Crippen molar-refractivity contribution in [3.63, 3.8) is 0 Å². The standard InChI is InChI=1S/C29H34N4O6S/c1-19-21-12-5-6-14-24(21)39-27(19)29(36)32-26(20-10-3-2-4-11-20)28(35)31-22-13-9-17-33(18-23(22)34)40(37,38)25-15-7-8-16-30-25/h5-8,12,14-16,20,22,26H,2-4,9-11,13,17-18H2,1H3,(H,31,35)(H,32,36)/t22?,26-/m0/s1. The number of carbonyl (C=O) groups excluding carboxylic acids is 3. The number of benzene rings is 1. The van der Waals surface area contributed by atoms with Crippen molar-refractivity contribution in [2.75, 3.05) is 13.1 Å². The monoisotopic (exact) mass is 566 g/mol. The normalized spacial score (nSPS) is 20.1. The molecular weight excluding hydrogens is 532 g/mol. The molecule has 1 aliphatic heterocycles. The summed E-state index contributed by atoms with van der Waals surface area (Å²) in [6.45, 7) is 1.60. The van der Waals surface area contributed by atoms with E-state index >= 15 is 0 Å². The number of hydrogen-bond acceptors (Lipinski definition) is 7. The van der Waals surface area contributed by atoms with E-state index in [0.717, 1.165) is 41.8 Å². The second-order valence-corrected chi connectivity index (χ2v) is 12.5. The molecule has 1 unspecified atom stereocenters. The Morgan fingerprint density at radius 3 is 2.50 bits per heavy atom. The van der Waals surface area contributed by atoms with Crippen LogP contribution in [0.25, 0.3) is 11.0 Å². The highest BCUT2D eigenvalue weighted by molar-refractivity contribution is 7.89. The van der Waals surface area contributed by atoms with Crippen LogP contribution < -0.4 is 10.6 Å². The summed E-state index contributed by atoms with van der Waals surface area (Å²) in [5.41, 5.74) is 1.29. The van der Waals surface area contributed by atoms with Gasteiger partial charge in [-0.3, -0.25) is 14.4 Å². The molecule has 2 fully saturated rings. The molecule has 0 bridgehead atoms. The molecule has 3 aromatic rings. The van der Waals surface area contributed by atoms with Crippen LogP contribution in [0.15, 0.2) is 58.1 Å². The fraction of sp³-hybridized carbons (Fsp3) is 0.448. The lowest BCUT2D eigenvalue weighted by Gasteiger charge is -2.31. The SMILES string of the molecule is Cc1c(C(=O)N[C@H](C(=O)NC2CCCN(S(=O)(=O)c3ccccn3)CC2=O)C2CCCCC2)oc2ccccc12. The van der Waals surface area contributed by atoms with Gasteiger partial charge in [-0.1, -0.05) is 43.5 Å². The second-order valence-electron chi connectivity index (χ2n) is 10.6. The molecule has 3 heterocycles. The van der Waals surface area contributed by atoms with E-state index in [1.54, 1.807) is 18.2 Å². The van der Waals surface area contributed by atoms with Gasteiger partial charge >= 0.3 is 0 Å². The molecule has 0 radical (unpaired) electrons. The van der Waals surface area contributed by atoms with Crippen molar-refractivity contribution in [1.82, 2.24) is 19.9 Å². The number of pyridine rings is 1. The van der Waals surface area contributed by atoms with Crippen LogP contribution in [-0.2, 0) is 19.6 Å². The number of para-hydroxylation sites is 1. The van der Waals surface area contributed by atoms with Crippen LogP contribution in [0.3, 0.4) is 0 Å². The first-order valence-corrected chi connectivity index (χ1v) is 15.2. The van der Waals surface area contributed by atoms with E-state index < -0.39 is 39.7 Å². The highest BCUT2D eigenvalue weighted by atomic mass is 32.2. The van der Waals surface area contributed by atoms with Gasteiger partial charge in [-0.25, -0.2) is 13.4 Å². The van der Waals surface area contributed by atoms with Crippen LogP contribution in [0, 0.1) is 12.8 Å². The van der Waals surface area contributed by atoms with E-state index in [2.05, 4.69) is 15.6 Å². The number of fused-ring (bicyclic) bond motifs is 1. The maximum absolute atomic E-state index is 13.6. The molecule has 40 heavy (non-hydrogen) atoms. The summed E-state index contributed by atoms with van der Waals surface area (Å²) in [6.07, 6.45) is 6.63. The number of nitrogens with one attached hydrogen (secondary N) is 2. The molecule has 1 aliphatic carbocycles. The molecule has 0 spiro atoms. The summed E-state index contributed by atoms with van der Waals surface area (Å²) in [5, 5.41) is 6.47. The molecule has 10 nitrogen and oxygen atoms in total. The number of rotatable bonds is 7. The highest BCUT2D eigenvalue weighted by Gasteiger charge is 2.37. The zero-order valence-electron chi connectivity index (χ0n) is 22.5. The zero-order valence-corrected chi connectivity index (χ0v) is 23.3. The van der Waals surface area contributed by atoms with Crippen LogP contribution in [0.4, 0.5) is 0 Å². The summed E-state index contributed by atoms with van der Waals surface area (Å²) in [7, 11) is -3.94. The van der Waals surface area contributed by atoms with Crippen molar-refractivity contribution in [3.05, 3.63) is 60.0 Å². The Balaban J connectivity index is 1.31. The number of furan rings is 1. The van der Waals surface area contributed by atoms with E-state index in [0.29, 0.717) is 24.0 Å². The van der Waals surface area contributed by atoms with Crippen molar-refractivity contribution < 1.29 is 27.2 Å². The number of hydrogen-bond donors (Lipinski definition) is 2. The summed E-state index contributed by atoms with van der Waals surface area (Å²) in [6, 6.07) is 10.3. The Hall–Kier alpha value is -3.57. The third kappa shape index (κ3) is 5.80. The third-order valence-corrected chi connectivity index (χ3v) is 9.68. The van der Waals surface area contributed by atoms with Gasteiger partial charge in [0.05, 0.1) is 12.6 Å². The van der Waals surface area contributed by atoms with Gasteiger partial charge in [0, 0.05) is 23.7 Å². The lowest BCUT2D eigenvalue weighted by molar-refractivity contribution is -0.129. The second kappa shape index (κ2) is 11.9. The van der Waals surface area contributed by atoms with Crippen molar-refractivity contribution in [2.45, 2.75) is 69.0 Å². The van der Waals surface area contributed by atoms with Crippen molar-refractivity contribution in [2.24, 2.45) is 5.92 Å². The molecule has 5 rings (SSSR count). The third-order valence-electron chi connectivity index (χ3n) is 7.92. The fourth-order valence-electron chi connectivity index (χ4n) is 5.71. The summed E-state index contributed by atoms with van der Waals surface area (Å²) in [4.78, 5) is 44.1. The maximum atomic E-state index is 13.6. The number of carbonyl (C=O) groups is 3. The number of ketones is 1. The van der Waals surface area contributed by atoms with Gasteiger partial charge < -0.3 is 15.1 Å². The zero-order chi connectivity index (χ0) is 28.3. The summed E-state index contributed by atoms with van der Waals surface area (Å²) >= 11 is 0. The highest BCUT2D eigenvalue weighted by Crippen LogP contribution is 2.29. The molecule has 2 aliphatic rings. The number of aromatic nitrogens is 1. The van der Waals surface area contributed by atoms with E-state index in [1.807, 2.05) is 25.1 Å². The Bertz CT molecular complexity index is 1500. The van der Waals surface area contributed by atoms with Crippen LogP contribution in [-0.4, -0.2) is 60.5 Å². The van der Waals surface area contributed by atoms with Gasteiger partial charge in [0.25, 0.3) is 15.9 Å². The topological polar surface area (TPSA) is 139 Å². The smallest absolute Gasteiger partial charge is 0.287 e. The average Bonchev–Trinajstić information content (AvgIpc) is 3.19. The predicted molar refractivity (Wildman–Crippen MR) is 148 cm³/mol. The quantitative estimate of drug-likeness (QED) is 0.447. The van der Waals surface area contributed by atoms with Gasteiger partial charge in [-0.05, 0) is 56.7 Å². The summed E-state index contributed by atoms with van der Waals surface area (Å²) < 4.78 is 33.0. The molecule has 2 amide bonds. The minimum atomic E-state index is -3.94. The van der Waals surface area contributed by atoms with Crippen molar-refractivity contribution >= 4 is 38.6 Å². The first-order chi connectivity index (χ1) is 19.3. The van der Waals surface area contributed by atoms with E-state index in [1.165, 1.54) is 12.3 Å². The van der Waals surface area contributed by atoms with Gasteiger partial charge in [0.15, 0.2) is 16.6 Å². The maximum Gasteiger partial charge on any atom is 0.287 e. The number of sulfonamides is 1. The molecule has 212 valence electrons. The van der Waals surface area contributed by atoms with Crippen molar-refractivity contribution in [1.29, 1.82) is 0 Å². The molecule has 11 heteroatoms. The lowest BCUT2D eigenvalue weighted by Crippen LogP contribution is -2.55. The van der Waals surface area contributed by atoms with Crippen LogP contribution >= 0.6 is 0 Å². The molecular formula is C29H34N4O6S. The fourth-order valence-corrected chi connectivity index (χ4v) is 7.09. The lowest BCUT2D eigenvalue weighted by atomic mass is 9.83. The summed E-state index contributed by atoms with van der Waals surface area (Å²) in [5.74, 6) is -1.22. The Kier molecular flexibility index (Phi) is 8.32. The van der Waals surface area contributed by atoms with Gasteiger partial charge in [-0.2, -0.15) is 4.31 Å². The number of Topliss-reactive ketones (excluding diaryl/α,β-unsaturated/α-hetero) is 1. The van der Waals surface area contributed by atoms with E-state index in [4.69, 9.17) is 4.42 Å². The predicted octanol–water partition coefficient (Wildman–Crippen LogP) is 3.35. The van der Waals surface area contributed by atoms with Gasteiger partial charge in [0.1, 0.15) is 11.6 Å². The molecule has 2 aromatic heterocycles. The molecule has 2 N–H and O–H groups in total. The molecule has 1 saturated heterocycles. The Morgan fingerprint density at radius 1 is 1.02 bits per heavy atom. The molecule has 1 saturated carbocycles. The van der Waals surface area contributed by atoms with Crippen LogP contribution in [0.1, 0.15) is 61.1 Å². The Labute approximate surface area is 233 Å². The Morgan fingerprint density at radius 2 is 1.77 bits per heavy atom. The minimum Gasteiger partial charge on any atom is -0.451 e.